The third-order valence-corrected chi connectivity index (χ3v) is 11.7. The SMILES string of the molecule is C[C@@H]1CC[C@@]2(OC1)O[C@H]1C[C@H]3[C@@H]4CC=C5C[C@@H](Cl)CC[C@]5(C)[C@H]4CC[C@]3(C)[C@H]1[C@H]2C. The molecular formula is C27H41ClO2. The standard InChI is InChI=1S/C27H41ClO2/c1-16-7-12-27(29-15-16)17(2)24-23(30-27)14-22-20-6-5-18-13-19(28)8-10-25(18,3)21(20)9-11-26(22,24)4/h5,16-17,19-24H,6-15H2,1-4H3/t16-,17-,19+,20-,21+,22+,23+,24+,25+,26+,27-/m1/s1. The molecule has 0 radical (unpaired) electrons. The normalized spacial score (nSPS) is 59.8. The van der Waals surface area contributed by atoms with Gasteiger partial charge in [0.2, 0.25) is 0 Å². The lowest BCUT2D eigenvalue weighted by Gasteiger charge is -2.58. The average Bonchev–Trinajstić information content (AvgIpc) is 3.16. The van der Waals surface area contributed by atoms with Crippen LogP contribution in [0, 0.1) is 46.3 Å². The van der Waals surface area contributed by atoms with Crippen molar-refractivity contribution in [3.63, 3.8) is 0 Å². The fourth-order valence-electron chi connectivity index (χ4n) is 9.63. The summed E-state index contributed by atoms with van der Waals surface area (Å²) in [4.78, 5) is 0. The molecule has 0 aromatic rings. The molecule has 3 saturated carbocycles. The maximum absolute atomic E-state index is 6.90. The minimum Gasteiger partial charge on any atom is -0.349 e. The molecule has 0 N–H and O–H groups in total. The van der Waals surface area contributed by atoms with Gasteiger partial charge in [-0.25, -0.2) is 0 Å². The van der Waals surface area contributed by atoms with E-state index in [0.29, 0.717) is 40.1 Å². The lowest BCUT2D eigenvalue weighted by atomic mass is 9.47. The fourth-order valence-corrected chi connectivity index (χ4v) is 9.91. The summed E-state index contributed by atoms with van der Waals surface area (Å²) < 4.78 is 13.4. The van der Waals surface area contributed by atoms with Crippen molar-refractivity contribution in [2.75, 3.05) is 6.61 Å². The van der Waals surface area contributed by atoms with E-state index in [1.807, 2.05) is 0 Å². The summed E-state index contributed by atoms with van der Waals surface area (Å²) in [5.74, 6) is 4.11. The minimum atomic E-state index is -0.281. The molecule has 11 atom stereocenters. The maximum atomic E-state index is 6.90. The largest absolute Gasteiger partial charge is 0.349 e. The number of rotatable bonds is 0. The highest BCUT2D eigenvalue weighted by Crippen LogP contribution is 2.70. The molecule has 0 aromatic carbocycles. The van der Waals surface area contributed by atoms with Crippen LogP contribution in [0.15, 0.2) is 11.6 Å². The Balaban J connectivity index is 1.28. The smallest absolute Gasteiger partial charge is 0.171 e. The zero-order valence-electron chi connectivity index (χ0n) is 19.5. The Kier molecular flexibility index (Phi) is 4.61. The Morgan fingerprint density at radius 2 is 1.87 bits per heavy atom. The van der Waals surface area contributed by atoms with Crippen molar-refractivity contribution in [3.8, 4) is 0 Å². The van der Waals surface area contributed by atoms with E-state index in [-0.39, 0.29) is 5.79 Å². The highest BCUT2D eigenvalue weighted by Gasteiger charge is 2.68. The molecule has 6 rings (SSSR count). The molecule has 0 aromatic heterocycles. The van der Waals surface area contributed by atoms with Crippen molar-refractivity contribution in [3.05, 3.63) is 11.6 Å². The summed E-state index contributed by atoms with van der Waals surface area (Å²) in [6, 6.07) is 0. The Morgan fingerprint density at radius 1 is 1.03 bits per heavy atom. The van der Waals surface area contributed by atoms with Gasteiger partial charge in [0.1, 0.15) is 0 Å². The lowest BCUT2D eigenvalue weighted by molar-refractivity contribution is -0.272. The van der Waals surface area contributed by atoms with Crippen molar-refractivity contribution >= 4 is 11.6 Å². The quantitative estimate of drug-likeness (QED) is 0.304. The van der Waals surface area contributed by atoms with Crippen molar-refractivity contribution in [2.45, 2.75) is 103 Å². The first-order valence-electron chi connectivity index (χ1n) is 12.9. The van der Waals surface area contributed by atoms with Crippen molar-refractivity contribution in [1.82, 2.24) is 0 Å². The molecule has 2 heterocycles. The number of hydrogen-bond acceptors (Lipinski definition) is 2. The van der Waals surface area contributed by atoms with Crippen LogP contribution < -0.4 is 0 Å². The van der Waals surface area contributed by atoms with E-state index in [2.05, 4.69) is 33.8 Å². The summed E-state index contributed by atoms with van der Waals surface area (Å²) in [5, 5.41) is 0.365. The van der Waals surface area contributed by atoms with Gasteiger partial charge in [0.05, 0.1) is 12.7 Å². The predicted octanol–water partition coefficient (Wildman–Crippen LogP) is 6.96. The number of hydrogen-bond donors (Lipinski definition) is 0. The van der Waals surface area contributed by atoms with Crippen LogP contribution >= 0.6 is 11.6 Å². The van der Waals surface area contributed by atoms with Gasteiger partial charge in [0.15, 0.2) is 5.79 Å². The Hall–Kier alpha value is -0.0500. The van der Waals surface area contributed by atoms with Crippen LogP contribution in [0.4, 0.5) is 0 Å². The maximum Gasteiger partial charge on any atom is 0.171 e. The molecule has 6 aliphatic rings. The molecule has 0 bridgehead atoms. The first-order valence-corrected chi connectivity index (χ1v) is 13.4. The van der Waals surface area contributed by atoms with E-state index in [4.69, 9.17) is 21.1 Å². The van der Waals surface area contributed by atoms with Crippen LogP contribution in [0.2, 0.25) is 0 Å². The molecule has 30 heavy (non-hydrogen) atoms. The Labute approximate surface area is 188 Å². The molecule has 2 nitrogen and oxygen atoms in total. The topological polar surface area (TPSA) is 18.5 Å². The number of ether oxygens (including phenoxy) is 2. The van der Waals surface area contributed by atoms with Crippen molar-refractivity contribution in [1.29, 1.82) is 0 Å². The van der Waals surface area contributed by atoms with E-state index in [1.54, 1.807) is 5.57 Å². The van der Waals surface area contributed by atoms with Gasteiger partial charge in [0, 0.05) is 17.7 Å². The zero-order chi connectivity index (χ0) is 20.9. The number of alkyl halides is 1. The highest BCUT2D eigenvalue weighted by molar-refractivity contribution is 6.20. The molecule has 4 aliphatic carbocycles. The average molecular weight is 433 g/mol. The molecule has 3 heteroatoms. The number of halogens is 1. The van der Waals surface area contributed by atoms with Crippen LogP contribution in [-0.2, 0) is 9.47 Å². The van der Waals surface area contributed by atoms with Crippen molar-refractivity contribution < 1.29 is 9.47 Å². The second-order valence-electron chi connectivity index (χ2n) is 12.6. The minimum absolute atomic E-state index is 0.281. The molecule has 2 aliphatic heterocycles. The molecule has 0 amide bonds. The summed E-state index contributed by atoms with van der Waals surface area (Å²) in [6.45, 7) is 10.9. The van der Waals surface area contributed by atoms with Crippen LogP contribution in [0.5, 0.6) is 0 Å². The van der Waals surface area contributed by atoms with Gasteiger partial charge < -0.3 is 9.47 Å². The van der Waals surface area contributed by atoms with Gasteiger partial charge in [-0.2, -0.15) is 0 Å². The molecular weight excluding hydrogens is 392 g/mol. The first-order chi connectivity index (χ1) is 14.3. The number of fused-ring (bicyclic) bond motifs is 7. The lowest BCUT2D eigenvalue weighted by Crippen LogP contribution is -2.52. The van der Waals surface area contributed by atoms with Crippen LogP contribution in [0.3, 0.4) is 0 Å². The molecule has 0 unspecified atom stereocenters. The monoisotopic (exact) mass is 432 g/mol. The predicted molar refractivity (Wildman–Crippen MR) is 121 cm³/mol. The van der Waals surface area contributed by atoms with Crippen LogP contribution in [0.25, 0.3) is 0 Å². The second-order valence-corrected chi connectivity index (χ2v) is 13.2. The molecule has 1 spiro atoms. The van der Waals surface area contributed by atoms with Gasteiger partial charge in [-0.15, -0.1) is 11.6 Å². The first kappa shape index (κ1) is 20.5. The van der Waals surface area contributed by atoms with E-state index in [1.165, 1.54) is 44.9 Å². The highest BCUT2D eigenvalue weighted by atomic mass is 35.5. The van der Waals surface area contributed by atoms with Gasteiger partial charge in [0.25, 0.3) is 0 Å². The molecule has 5 fully saturated rings. The van der Waals surface area contributed by atoms with Crippen LogP contribution in [-0.4, -0.2) is 23.9 Å². The van der Waals surface area contributed by atoms with Crippen LogP contribution in [0.1, 0.15) is 85.5 Å². The fraction of sp³-hybridized carbons (Fsp3) is 0.926. The van der Waals surface area contributed by atoms with E-state index in [9.17, 15) is 0 Å². The Morgan fingerprint density at radius 3 is 2.63 bits per heavy atom. The third-order valence-electron chi connectivity index (χ3n) is 11.3. The third kappa shape index (κ3) is 2.62. The molecule has 2 saturated heterocycles. The summed E-state index contributed by atoms with van der Waals surface area (Å²) in [6.07, 6.45) is 14.4. The summed E-state index contributed by atoms with van der Waals surface area (Å²) >= 11 is 6.58. The van der Waals surface area contributed by atoms with Gasteiger partial charge in [-0.1, -0.05) is 39.3 Å². The van der Waals surface area contributed by atoms with E-state index < -0.39 is 0 Å². The van der Waals surface area contributed by atoms with Crippen molar-refractivity contribution in [2.24, 2.45) is 46.3 Å². The number of allylic oxidation sites excluding steroid dienone is 2. The molecule has 168 valence electrons. The summed E-state index contributed by atoms with van der Waals surface area (Å²) in [7, 11) is 0. The van der Waals surface area contributed by atoms with E-state index >= 15 is 0 Å². The zero-order valence-corrected chi connectivity index (χ0v) is 20.2. The second kappa shape index (κ2) is 6.73. The van der Waals surface area contributed by atoms with E-state index in [0.717, 1.165) is 37.2 Å². The van der Waals surface area contributed by atoms with Gasteiger partial charge >= 0.3 is 0 Å². The Bertz CT molecular complexity index is 739. The summed E-state index contributed by atoms with van der Waals surface area (Å²) in [5.41, 5.74) is 2.53. The van der Waals surface area contributed by atoms with Gasteiger partial charge in [-0.3, -0.25) is 0 Å². The van der Waals surface area contributed by atoms with Gasteiger partial charge in [-0.05, 0) is 91.8 Å².